The normalized spacial score (nSPS) is 9.75. The van der Waals surface area contributed by atoms with Gasteiger partial charge < -0.3 is 5.32 Å². The highest BCUT2D eigenvalue weighted by atomic mass is 35.5. The number of nitrogens with one attached hydrogen (secondary N) is 1. The molecule has 0 aliphatic heterocycles. The monoisotopic (exact) mass is 250 g/mol. The number of benzene rings is 1. The van der Waals surface area contributed by atoms with Gasteiger partial charge in [-0.15, -0.1) is 5.10 Å². The van der Waals surface area contributed by atoms with E-state index < -0.39 is 0 Å². The molecule has 1 aromatic heterocycles. The van der Waals surface area contributed by atoms with Crippen molar-refractivity contribution in [3.63, 3.8) is 0 Å². The Hall–Kier alpha value is -1.64. The van der Waals surface area contributed by atoms with E-state index in [1.54, 1.807) is 12.1 Å². The molecule has 1 heterocycles. The summed E-state index contributed by atoms with van der Waals surface area (Å²) in [5.74, 6) is 0. The molecule has 0 saturated heterocycles. The second-order valence-corrected chi connectivity index (χ2v) is 4.07. The van der Waals surface area contributed by atoms with Crippen LogP contribution in [0.1, 0.15) is 11.3 Å². The molecule has 0 aliphatic carbocycles. The molecular formula is C10H7ClN4S. The van der Waals surface area contributed by atoms with Gasteiger partial charge in [0.05, 0.1) is 22.8 Å². The van der Waals surface area contributed by atoms with E-state index in [0.717, 1.165) is 11.4 Å². The average Bonchev–Trinajstić information content (AvgIpc) is 2.81. The molecule has 0 radical (unpaired) electrons. The summed E-state index contributed by atoms with van der Waals surface area (Å²) >= 11 is 7.14. The third kappa shape index (κ3) is 2.48. The van der Waals surface area contributed by atoms with Gasteiger partial charge in [-0.05, 0) is 29.7 Å². The molecule has 16 heavy (non-hydrogen) atoms. The van der Waals surface area contributed by atoms with Crippen LogP contribution in [-0.4, -0.2) is 9.59 Å². The Balaban J connectivity index is 2.08. The molecule has 0 bridgehead atoms. The van der Waals surface area contributed by atoms with E-state index in [2.05, 4.69) is 14.9 Å². The summed E-state index contributed by atoms with van der Waals surface area (Å²) in [6, 6.07) is 7.26. The first-order chi connectivity index (χ1) is 7.79. The smallest absolute Gasteiger partial charge is 0.101 e. The largest absolute Gasteiger partial charge is 0.379 e. The summed E-state index contributed by atoms with van der Waals surface area (Å²) in [4.78, 5) is 0. The van der Waals surface area contributed by atoms with Crippen LogP contribution in [-0.2, 0) is 6.54 Å². The summed E-state index contributed by atoms with van der Waals surface area (Å²) in [7, 11) is 0. The topological polar surface area (TPSA) is 61.6 Å². The van der Waals surface area contributed by atoms with E-state index in [4.69, 9.17) is 16.9 Å². The lowest BCUT2D eigenvalue weighted by atomic mass is 10.2. The van der Waals surface area contributed by atoms with Gasteiger partial charge in [0.2, 0.25) is 0 Å². The number of hydrogen-bond donors (Lipinski definition) is 1. The molecule has 1 N–H and O–H groups in total. The van der Waals surface area contributed by atoms with Crippen molar-refractivity contribution in [1.82, 2.24) is 9.59 Å². The minimum atomic E-state index is 0.461. The summed E-state index contributed by atoms with van der Waals surface area (Å²) in [6.07, 6.45) is 0. The third-order valence-corrected chi connectivity index (χ3v) is 2.85. The van der Waals surface area contributed by atoms with Crippen LogP contribution < -0.4 is 5.32 Å². The van der Waals surface area contributed by atoms with Crippen LogP contribution in [0.2, 0.25) is 5.02 Å². The van der Waals surface area contributed by atoms with E-state index in [1.165, 1.54) is 11.5 Å². The highest BCUT2D eigenvalue weighted by Crippen LogP contribution is 2.19. The van der Waals surface area contributed by atoms with Gasteiger partial charge in [-0.2, -0.15) is 5.26 Å². The van der Waals surface area contributed by atoms with E-state index in [-0.39, 0.29) is 0 Å². The summed E-state index contributed by atoms with van der Waals surface area (Å²) in [6.45, 7) is 0.586. The van der Waals surface area contributed by atoms with Crippen molar-refractivity contribution in [1.29, 1.82) is 5.26 Å². The fraction of sp³-hybridized carbons (Fsp3) is 0.100. The Kier molecular flexibility index (Phi) is 3.34. The number of hydrogen-bond acceptors (Lipinski definition) is 5. The maximum atomic E-state index is 8.81. The summed E-state index contributed by atoms with van der Waals surface area (Å²) in [5.41, 5.74) is 2.18. The predicted molar refractivity (Wildman–Crippen MR) is 63.4 cm³/mol. The van der Waals surface area contributed by atoms with Crippen LogP contribution >= 0.6 is 23.1 Å². The lowest BCUT2D eigenvalue weighted by molar-refractivity contribution is 0.999. The number of nitrogens with zero attached hydrogens (tertiary/aromatic N) is 3. The molecule has 0 fully saturated rings. The number of nitriles is 1. The Morgan fingerprint density at radius 1 is 1.50 bits per heavy atom. The molecular weight excluding hydrogens is 244 g/mol. The number of halogens is 1. The molecule has 1 aromatic carbocycles. The second-order valence-electron chi connectivity index (χ2n) is 3.06. The number of aromatic nitrogens is 2. The summed E-state index contributed by atoms with van der Waals surface area (Å²) in [5, 5.41) is 18.2. The van der Waals surface area contributed by atoms with Gasteiger partial charge in [-0.1, -0.05) is 16.1 Å². The van der Waals surface area contributed by atoms with Crippen LogP contribution in [0.25, 0.3) is 0 Å². The predicted octanol–water partition coefficient (Wildman–Crippen LogP) is 2.68. The Bertz CT molecular complexity index is 518. The fourth-order valence-corrected chi connectivity index (χ4v) is 1.79. The standard InChI is InChI=1S/C10H7ClN4S/c11-10-2-1-8(3-7(10)4-12)13-5-9-6-16-15-14-9/h1-3,6,13H,5H2. The van der Waals surface area contributed by atoms with Crippen molar-refractivity contribution >= 4 is 28.8 Å². The minimum absolute atomic E-state index is 0.461. The highest BCUT2D eigenvalue weighted by Gasteiger charge is 2.01. The van der Waals surface area contributed by atoms with Gasteiger partial charge in [0.25, 0.3) is 0 Å². The van der Waals surface area contributed by atoms with Gasteiger partial charge >= 0.3 is 0 Å². The first-order valence-electron chi connectivity index (χ1n) is 4.49. The average molecular weight is 251 g/mol. The highest BCUT2D eigenvalue weighted by molar-refractivity contribution is 7.03. The SMILES string of the molecule is N#Cc1cc(NCc2csnn2)ccc1Cl. The number of rotatable bonds is 3. The first kappa shape index (κ1) is 10.9. The molecule has 2 aromatic rings. The van der Waals surface area contributed by atoms with Gasteiger partial charge in [0.15, 0.2) is 0 Å². The Labute approximate surface area is 102 Å². The van der Waals surface area contributed by atoms with Gasteiger partial charge in [0.1, 0.15) is 6.07 Å². The van der Waals surface area contributed by atoms with E-state index in [9.17, 15) is 0 Å². The van der Waals surface area contributed by atoms with Gasteiger partial charge in [-0.3, -0.25) is 0 Å². The molecule has 80 valence electrons. The van der Waals surface area contributed by atoms with Crippen LogP contribution in [0.15, 0.2) is 23.6 Å². The molecule has 0 unspecified atom stereocenters. The second kappa shape index (κ2) is 4.92. The van der Waals surface area contributed by atoms with Crippen LogP contribution in [0.4, 0.5) is 5.69 Å². The molecule has 6 heteroatoms. The zero-order valence-corrected chi connectivity index (χ0v) is 9.72. The Morgan fingerprint density at radius 2 is 2.38 bits per heavy atom. The van der Waals surface area contributed by atoms with Crippen molar-refractivity contribution in [2.24, 2.45) is 0 Å². The molecule has 0 saturated carbocycles. The van der Waals surface area contributed by atoms with Crippen molar-refractivity contribution in [3.8, 4) is 6.07 Å². The molecule has 4 nitrogen and oxygen atoms in total. The third-order valence-electron chi connectivity index (χ3n) is 1.97. The molecule has 2 rings (SSSR count). The first-order valence-corrected chi connectivity index (χ1v) is 5.70. The minimum Gasteiger partial charge on any atom is -0.379 e. The molecule has 0 amide bonds. The quantitative estimate of drug-likeness (QED) is 0.910. The maximum absolute atomic E-state index is 8.81. The molecule has 0 spiro atoms. The van der Waals surface area contributed by atoms with Crippen LogP contribution in [0.3, 0.4) is 0 Å². The van der Waals surface area contributed by atoms with Crippen LogP contribution in [0.5, 0.6) is 0 Å². The lowest BCUT2D eigenvalue weighted by Gasteiger charge is -2.04. The zero-order valence-electron chi connectivity index (χ0n) is 8.14. The van der Waals surface area contributed by atoms with Crippen LogP contribution in [0, 0.1) is 11.3 Å². The molecule has 0 atom stereocenters. The Morgan fingerprint density at radius 3 is 3.06 bits per heavy atom. The fourth-order valence-electron chi connectivity index (χ4n) is 1.17. The van der Waals surface area contributed by atoms with E-state index in [0.29, 0.717) is 17.1 Å². The van der Waals surface area contributed by atoms with Crippen molar-refractivity contribution in [3.05, 3.63) is 39.9 Å². The maximum Gasteiger partial charge on any atom is 0.101 e. The van der Waals surface area contributed by atoms with Crippen molar-refractivity contribution < 1.29 is 0 Å². The zero-order chi connectivity index (χ0) is 11.4. The lowest BCUT2D eigenvalue weighted by Crippen LogP contribution is -2.00. The van der Waals surface area contributed by atoms with Gasteiger partial charge in [-0.25, -0.2) is 0 Å². The van der Waals surface area contributed by atoms with E-state index >= 15 is 0 Å². The molecule has 0 aliphatic rings. The van der Waals surface area contributed by atoms with Crippen molar-refractivity contribution in [2.75, 3.05) is 5.32 Å². The van der Waals surface area contributed by atoms with E-state index in [1.807, 2.05) is 17.5 Å². The summed E-state index contributed by atoms with van der Waals surface area (Å²) < 4.78 is 3.76. The van der Waals surface area contributed by atoms with Gasteiger partial charge in [0, 0.05) is 11.1 Å². The number of anilines is 1. The van der Waals surface area contributed by atoms with Crippen molar-refractivity contribution in [2.45, 2.75) is 6.54 Å².